The minimum Gasteiger partial charge on any atom is -0.497 e. The second-order valence-corrected chi connectivity index (χ2v) is 10.2. The first-order chi connectivity index (χ1) is 17.5. The van der Waals surface area contributed by atoms with Crippen molar-refractivity contribution in [1.82, 2.24) is 0 Å². The van der Waals surface area contributed by atoms with Crippen LogP contribution in [0.3, 0.4) is 0 Å². The molecule has 37 heavy (non-hydrogen) atoms. The van der Waals surface area contributed by atoms with Crippen LogP contribution < -0.4 is 14.2 Å². The summed E-state index contributed by atoms with van der Waals surface area (Å²) in [5, 5.41) is 0. The minimum atomic E-state index is 0.853. The quantitative estimate of drug-likeness (QED) is 0.267. The predicted octanol–water partition coefficient (Wildman–Crippen LogP) is 9.30. The molecule has 4 aromatic rings. The van der Waals surface area contributed by atoms with Crippen LogP contribution in [0.1, 0.15) is 44.5 Å². The minimum absolute atomic E-state index is 0.853. The Balaban J connectivity index is 1.70. The first-order valence-corrected chi connectivity index (χ1v) is 12.8. The zero-order valence-electron chi connectivity index (χ0n) is 23.8. The second kappa shape index (κ2) is 10.3. The van der Waals surface area contributed by atoms with E-state index in [1.54, 1.807) is 14.2 Å². The largest absolute Gasteiger partial charge is 0.497 e. The van der Waals surface area contributed by atoms with Crippen molar-refractivity contribution in [3.63, 3.8) is 0 Å². The van der Waals surface area contributed by atoms with Crippen LogP contribution in [-0.2, 0) is 0 Å². The fraction of sp³-hybridized carbons (Fsp3) is 0.294. The van der Waals surface area contributed by atoms with Gasteiger partial charge in [-0.1, -0.05) is 0 Å². The second-order valence-electron chi connectivity index (χ2n) is 10.2. The molecule has 0 N–H and O–H groups in total. The fourth-order valence-corrected chi connectivity index (χ4v) is 5.76. The summed E-state index contributed by atoms with van der Waals surface area (Å²) in [5.41, 5.74) is 14.7. The summed E-state index contributed by atoms with van der Waals surface area (Å²) >= 11 is 0. The third-order valence-electron chi connectivity index (χ3n) is 7.23. The highest BCUT2D eigenvalue weighted by Crippen LogP contribution is 2.40. The highest BCUT2D eigenvalue weighted by Gasteiger charge is 2.17. The van der Waals surface area contributed by atoms with Gasteiger partial charge in [0.25, 0.3) is 0 Å². The molecule has 4 rings (SSSR count). The van der Waals surface area contributed by atoms with Gasteiger partial charge in [-0.3, -0.25) is 0 Å². The molecule has 0 aliphatic heterocycles. The zero-order chi connectivity index (χ0) is 27.0. The first kappa shape index (κ1) is 26.3. The number of ether oxygens (including phenoxy) is 3. The SMILES string of the molecule is COc1cc(C)c(-c2c(C)cc(Oc3cc(C)c(-c4c(C)cc(OC)cc4C)c(C)c3)cc2C)c(C)c1. The summed E-state index contributed by atoms with van der Waals surface area (Å²) in [6.45, 7) is 17.2. The molecular formula is C34H38O3. The van der Waals surface area contributed by atoms with Gasteiger partial charge in [-0.05, 0) is 171 Å². The van der Waals surface area contributed by atoms with Gasteiger partial charge in [0, 0.05) is 0 Å². The topological polar surface area (TPSA) is 27.7 Å². The molecule has 0 spiro atoms. The van der Waals surface area contributed by atoms with Gasteiger partial charge in [0.05, 0.1) is 14.2 Å². The maximum absolute atomic E-state index is 6.44. The molecule has 0 fully saturated rings. The average molecular weight is 495 g/mol. The van der Waals surface area contributed by atoms with E-state index in [1.807, 2.05) is 0 Å². The lowest BCUT2D eigenvalue weighted by molar-refractivity contribution is 0.414. The maximum Gasteiger partial charge on any atom is 0.128 e. The Morgan fingerprint density at radius 2 is 0.514 bits per heavy atom. The third-order valence-corrected chi connectivity index (χ3v) is 7.23. The molecule has 0 saturated carbocycles. The van der Waals surface area contributed by atoms with Crippen LogP contribution >= 0.6 is 0 Å². The Bertz CT molecular complexity index is 1290. The Labute approximate surface area is 222 Å². The number of aryl methyl sites for hydroxylation is 8. The van der Waals surface area contributed by atoms with Gasteiger partial charge >= 0.3 is 0 Å². The Hall–Kier alpha value is -3.72. The standard InChI is InChI=1S/C34H38O3/c1-19-11-27(35-9)12-20(2)31(19)33-23(5)15-29(16-24(33)6)37-30-17-25(7)34(26(8)18-30)32-21(3)13-28(36-10)14-22(32)4/h11-18H,1-10H3. The molecular weight excluding hydrogens is 456 g/mol. The van der Waals surface area contributed by atoms with Crippen LogP contribution in [0.4, 0.5) is 0 Å². The first-order valence-electron chi connectivity index (χ1n) is 12.8. The molecule has 0 atom stereocenters. The van der Waals surface area contributed by atoms with Crippen LogP contribution in [0.2, 0.25) is 0 Å². The molecule has 3 heteroatoms. The van der Waals surface area contributed by atoms with E-state index < -0.39 is 0 Å². The molecule has 0 heterocycles. The summed E-state index contributed by atoms with van der Waals surface area (Å²) in [6, 6.07) is 17.0. The summed E-state index contributed by atoms with van der Waals surface area (Å²) in [7, 11) is 3.43. The molecule has 0 radical (unpaired) electrons. The molecule has 0 saturated heterocycles. The van der Waals surface area contributed by atoms with Crippen LogP contribution in [0.25, 0.3) is 22.3 Å². The van der Waals surface area contributed by atoms with Crippen molar-refractivity contribution in [2.24, 2.45) is 0 Å². The molecule has 192 valence electrons. The van der Waals surface area contributed by atoms with Gasteiger partial charge in [-0.15, -0.1) is 0 Å². The highest BCUT2D eigenvalue weighted by atomic mass is 16.5. The van der Waals surface area contributed by atoms with Gasteiger partial charge < -0.3 is 14.2 Å². The van der Waals surface area contributed by atoms with E-state index in [2.05, 4.69) is 104 Å². The lowest BCUT2D eigenvalue weighted by atomic mass is 9.89. The maximum atomic E-state index is 6.44. The number of methoxy groups -OCH3 is 2. The third kappa shape index (κ3) is 5.09. The van der Waals surface area contributed by atoms with E-state index in [0.717, 1.165) is 23.0 Å². The van der Waals surface area contributed by atoms with Gasteiger partial charge in [-0.25, -0.2) is 0 Å². The van der Waals surface area contributed by atoms with E-state index in [-0.39, 0.29) is 0 Å². The van der Waals surface area contributed by atoms with E-state index in [0.29, 0.717) is 0 Å². The molecule has 0 aromatic heterocycles. The molecule has 0 aliphatic carbocycles. The van der Waals surface area contributed by atoms with Crippen molar-refractivity contribution >= 4 is 0 Å². The summed E-state index contributed by atoms with van der Waals surface area (Å²) in [6.07, 6.45) is 0. The Morgan fingerprint density at radius 1 is 0.324 bits per heavy atom. The van der Waals surface area contributed by atoms with E-state index in [4.69, 9.17) is 14.2 Å². The van der Waals surface area contributed by atoms with E-state index in [9.17, 15) is 0 Å². The summed E-state index contributed by atoms with van der Waals surface area (Å²) in [4.78, 5) is 0. The van der Waals surface area contributed by atoms with Crippen molar-refractivity contribution in [3.8, 4) is 45.3 Å². The Kier molecular flexibility index (Phi) is 7.36. The number of rotatable bonds is 6. The fourth-order valence-electron chi connectivity index (χ4n) is 5.76. The van der Waals surface area contributed by atoms with Crippen LogP contribution in [0.15, 0.2) is 48.5 Å². The van der Waals surface area contributed by atoms with E-state index in [1.165, 1.54) is 66.8 Å². The van der Waals surface area contributed by atoms with Gasteiger partial charge in [-0.2, -0.15) is 0 Å². The van der Waals surface area contributed by atoms with Crippen molar-refractivity contribution in [2.75, 3.05) is 14.2 Å². The molecule has 0 bridgehead atoms. The van der Waals surface area contributed by atoms with Crippen LogP contribution in [0.5, 0.6) is 23.0 Å². The average Bonchev–Trinajstić information content (AvgIpc) is 2.81. The van der Waals surface area contributed by atoms with Crippen molar-refractivity contribution in [3.05, 3.63) is 93.0 Å². The van der Waals surface area contributed by atoms with Gasteiger partial charge in [0.2, 0.25) is 0 Å². The smallest absolute Gasteiger partial charge is 0.128 e. The van der Waals surface area contributed by atoms with Crippen molar-refractivity contribution < 1.29 is 14.2 Å². The molecule has 3 nitrogen and oxygen atoms in total. The predicted molar refractivity (Wildman–Crippen MR) is 155 cm³/mol. The normalized spacial score (nSPS) is 11.0. The monoisotopic (exact) mass is 494 g/mol. The number of hydrogen-bond donors (Lipinski definition) is 0. The number of benzene rings is 4. The lowest BCUT2D eigenvalue weighted by Gasteiger charge is -2.20. The highest BCUT2D eigenvalue weighted by molar-refractivity contribution is 5.79. The Morgan fingerprint density at radius 3 is 0.703 bits per heavy atom. The zero-order valence-corrected chi connectivity index (χ0v) is 23.8. The number of hydrogen-bond acceptors (Lipinski definition) is 3. The molecule has 0 amide bonds. The molecule has 0 unspecified atom stereocenters. The van der Waals surface area contributed by atoms with Crippen LogP contribution in [0, 0.1) is 55.4 Å². The van der Waals surface area contributed by atoms with Gasteiger partial charge in [0.15, 0.2) is 0 Å². The van der Waals surface area contributed by atoms with Gasteiger partial charge in [0.1, 0.15) is 23.0 Å². The summed E-state index contributed by atoms with van der Waals surface area (Å²) < 4.78 is 17.4. The summed E-state index contributed by atoms with van der Waals surface area (Å²) in [5.74, 6) is 3.49. The lowest BCUT2D eigenvalue weighted by Crippen LogP contribution is -1.98. The molecule has 0 aliphatic rings. The van der Waals surface area contributed by atoms with Crippen molar-refractivity contribution in [2.45, 2.75) is 55.4 Å². The van der Waals surface area contributed by atoms with E-state index >= 15 is 0 Å². The van der Waals surface area contributed by atoms with Crippen molar-refractivity contribution in [1.29, 1.82) is 0 Å². The van der Waals surface area contributed by atoms with Crippen LogP contribution in [-0.4, -0.2) is 14.2 Å². The molecule has 4 aromatic carbocycles.